The number of benzene rings is 1. The molecule has 1 heterocycles. The molecule has 3 rings (SSSR count). The quantitative estimate of drug-likeness (QED) is 0.591. The van der Waals surface area contributed by atoms with Crippen LogP contribution in [0.3, 0.4) is 0 Å². The van der Waals surface area contributed by atoms with Crippen molar-refractivity contribution in [2.24, 2.45) is 11.8 Å². The van der Waals surface area contributed by atoms with E-state index in [1.165, 1.54) is 0 Å². The number of Topliss-reactive ketones (excluding diaryl/α,β-unsaturated/α-hetero) is 1. The number of hydrogen-bond acceptors (Lipinski definition) is 3. The highest BCUT2D eigenvalue weighted by Gasteiger charge is 2.58. The van der Waals surface area contributed by atoms with Crippen molar-refractivity contribution in [3.8, 4) is 0 Å². The van der Waals surface area contributed by atoms with E-state index >= 15 is 0 Å². The summed E-state index contributed by atoms with van der Waals surface area (Å²) in [5.41, 5.74) is 1.45. The van der Waals surface area contributed by atoms with Gasteiger partial charge in [-0.3, -0.25) is 19.3 Å². The molecule has 1 aliphatic carbocycles. The molecule has 1 aliphatic heterocycles. The molecule has 1 saturated heterocycles. The molecule has 2 atom stereocenters. The van der Waals surface area contributed by atoms with Crippen molar-refractivity contribution in [2.45, 2.75) is 13.3 Å². The van der Waals surface area contributed by atoms with Gasteiger partial charge < -0.3 is 0 Å². The Bertz CT molecular complexity index is 544. The van der Waals surface area contributed by atoms with E-state index in [9.17, 15) is 14.4 Å². The van der Waals surface area contributed by atoms with E-state index in [2.05, 4.69) is 0 Å². The van der Waals surface area contributed by atoms with Gasteiger partial charge in [-0.2, -0.15) is 0 Å². The molecule has 4 heteroatoms. The van der Waals surface area contributed by atoms with Gasteiger partial charge in [-0.1, -0.05) is 24.3 Å². The first kappa shape index (κ1) is 11.1. The van der Waals surface area contributed by atoms with Crippen LogP contribution in [0.1, 0.15) is 22.3 Å². The first-order valence-corrected chi connectivity index (χ1v) is 6.03. The zero-order chi connectivity index (χ0) is 12.9. The number of likely N-dealkylation sites (tertiary alicyclic amines) is 1. The fourth-order valence-corrected chi connectivity index (χ4v) is 2.52. The lowest BCUT2D eigenvalue weighted by molar-refractivity contribution is -0.140. The number of carbonyl (C=O) groups is 3. The third-order valence-corrected chi connectivity index (χ3v) is 3.70. The topological polar surface area (TPSA) is 54.5 Å². The fourth-order valence-electron chi connectivity index (χ4n) is 2.52. The van der Waals surface area contributed by atoms with Crippen molar-refractivity contribution in [1.29, 1.82) is 0 Å². The Hall–Kier alpha value is -1.97. The number of aryl methyl sites for hydroxylation is 1. The second kappa shape index (κ2) is 3.77. The van der Waals surface area contributed by atoms with E-state index < -0.39 is 0 Å². The maximum Gasteiger partial charge on any atom is 0.233 e. The molecule has 2 unspecified atom stereocenters. The highest BCUT2D eigenvalue weighted by atomic mass is 16.2. The summed E-state index contributed by atoms with van der Waals surface area (Å²) in [6.45, 7) is 1.73. The molecule has 0 radical (unpaired) electrons. The number of hydrogen-bond donors (Lipinski definition) is 0. The number of nitrogens with zero attached hydrogens (tertiary/aromatic N) is 1. The highest BCUT2D eigenvalue weighted by Crippen LogP contribution is 2.46. The van der Waals surface area contributed by atoms with Gasteiger partial charge in [-0.15, -0.1) is 0 Å². The van der Waals surface area contributed by atoms with Gasteiger partial charge >= 0.3 is 0 Å². The van der Waals surface area contributed by atoms with Crippen molar-refractivity contribution in [2.75, 3.05) is 6.54 Å². The number of amides is 2. The molecule has 2 aliphatic rings. The van der Waals surface area contributed by atoms with Gasteiger partial charge in [0, 0.05) is 5.56 Å². The van der Waals surface area contributed by atoms with E-state index in [1.54, 1.807) is 12.1 Å². The van der Waals surface area contributed by atoms with Gasteiger partial charge in [0.2, 0.25) is 11.8 Å². The van der Waals surface area contributed by atoms with E-state index in [0.717, 1.165) is 10.5 Å². The van der Waals surface area contributed by atoms with Crippen molar-refractivity contribution in [3.05, 3.63) is 35.4 Å². The highest BCUT2D eigenvalue weighted by molar-refractivity contribution is 6.12. The third-order valence-electron chi connectivity index (χ3n) is 3.70. The summed E-state index contributed by atoms with van der Waals surface area (Å²) >= 11 is 0. The fraction of sp³-hybridized carbons (Fsp3) is 0.357. The molecule has 0 aromatic heterocycles. The number of rotatable bonds is 3. The van der Waals surface area contributed by atoms with Crippen LogP contribution >= 0.6 is 0 Å². The Morgan fingerprint density at radius 2 is 1.83 bits per heavy atom. The summed E-state index contributed by atoms with van der Waals surface area (Å²) < 4.78 is 0. The zero-order valence-electron chi connectivity index (χ0n) is 10.1. The van der Waals surface area contributed by atoms with Gasteiger partial charge in [0.15, 0.2) is 5.78 Å². The van der Waals surface area contributed by atoms with Crippen LogP contribution in [-0.4, -0.2) is 29.0 Å². The lowest BCUT2D eigenvalue weighted by Crippen LogP contribution is -2.37. The van der Waals surface area contributed by atoms with E-state index in [4.69, 9.17) is 0 Å². The van der Waals surface area contributed by atoms with Gasteiger partial charge in [0.05, 0.1) is 18.4 Å². The smallest absolute Gasteiger partial charge is 0.233 e. The average Bonchev–Trinajstić information content (AvgIpc) is 3.10. The number of piperidine rings is 1. The molecule has 18 heavy (non-hydrogen) atoms. The third kappa shape index (κ3) is 1.56. The van der Waals surface area contributed by atoms with Crippen LogP contribution in [-0.2, 0) is 9.59 Å². The first-order chi connectivity index (χ1) is 8.59. The van der Waals surface area contributed by atoms with Crippen molar-refractivity contribution in [3.63, 3.8) is 0 Å². The average molecular weight is 243 g/mol. The summed E-state index contributed by atoms with van der Waals surface area (Å²) in [7, 11) is 0. The summed E-state index contributed by atoms with van der Waals surface area (Å²) in [5, 5.41) is 0. The van der Waals surface area contributed by atoms with Gasteiger partial charge in [0.1, 0.15) is 0 Å². The summed E-state index contributed by atoms with van der Waals surface area (Å²) in [6, 6.07) is 7.21. The molecule has 1 aromatic carbocycles. The summed E-state index contributed by atoms with van der Waals surface area (Å²) in [6.07, 6.45) is 0.673. The minimum Gasteiger partial charge on any atom is -0.292 e. The predicted molar refractivity (Wildman–Crippen MR) is 63.8 cm³/mol. The van der Waals surface area contributed by atoms with Crippen molar-refractivity contribution >= 4 is 17.6 Å². The Balaban J connectivity index is 1.78. The van der Waals surface area contributed by atoms with E-state index in [0.29, 0.717) is 12.0 Å². The minimum absolute atomic E-state index is 0.116. The summed E-state index contributed by atoms with van der Waals surface area (Å²) in [4.78, 5) is 36.7. The molecule has 2 amide bonds. The maximum atomic E-state index is 12.1. The molecule has 92 valence electrons. The predicted octanol–water partition coefficient (Wildman–Crippen LogP) is 1.18. The zero-order valence-corrected chi connectivity index (χ0v) is 10.1. The molecule has 4 nitrogen and oxygen atoms in total. The first-order valence-electron chi connectivity index (χ1n) is 6.03. The number of fused-ring (bicyclic) bond motifs is 1. The van der Waals surface area contributed by atoms with Crippen LogP contribution in [0.25, 0.3) is 0 Å². The van der Waals surface area contributed by atoms with Gasteiger partial charge in [0.25, 0.3) is 0 Å². The standard InChI is InChI=1S/C14H13NO3/c1-8-4-2-3-5-9(8)12(16)7-15-13(17)10-6-11(10)14(15)18/h2-5,10-11H,6-7H2,1H3. The van der Waals surface area contributed by atoms with Crippen LogP contribution < -0.4 is 0 Å². The Labute approximate surface area is 105 Å². The molecule has 1 saturated carbocycles. The van der Waals surface area contributed by atoms with Crippen LogP contribution in [0.2, 0.25) is 0 Å². The second-order valence-electron chi connectivity index (χ2n) is 4.95. The lowest BCUT2D eigenvalue weighted by Gasteiger charge is -2.15. The molecule has 0 N–H and O–H groups in total. The lowest BCUT2D eigenvalue weighted by atomic mass is 10.0. The molecule has 1 aromatic rings. The van der Waals surface area contributed by atoms with Crippen molar-refractivity contribution < 1.29 is 14.4 Å². The SMILES string of the molecule is Cc1ccccc1C(=O)CN1C(=O)C2CC2C1=O. The number of ketones is 1. The van der Waals surface area contributed by atoms with Gasteiger partial charge in [-0.05, 0) is 18.9 Å². The van der Waals surface area contributed by atoms with E-state index in [1.807, 2.05) is 19.1 Å². The largest absolute Gasteiger partial charge is 0.292 e. The Morgan fingerprint density at radius 3 is 2.44 bits per heavy atom. The van der Waals surface area contributed by atoms with Crippen LogP contribution in [0, 0.1) is 18.8 Å². The molecule has 2 fully saturated rings. The monoisotopic (exact) mass is 243 g/mol. The number of carbonyl (C=O) groups excluding carboxylic acids is 3. The van der Waals surface area contributed by atoms with Crippen molar-refractivity contribution in [1.82, 2.24) is 4.90 Å². The summed E-state index contributed by atoms with van der Waals surface area (Å²) in [5.74, 6) is -0.792. The molecular formula is C14H13NO3. The normalized spacial score (nSPS) is 25.3. The van der Waals surface area contributed by atoms with Gasteiger partial charge in [-0.25, -0.2) is 0 Å². The van der Waals surface area contributed by atoms with Crippen LogP contribution in [0.15, 0.2) is 24.3 Å². The second-order valence-corrected chi connectivity index (χ2v) is 4.95. The maximum absolute atomic E-state index is 12.1. The molecular weight excluding hydrogens is 230 g/mol. The Morgan fingerprint density at radius 1 is 1.22 bits per heavy atom. The minimum atomic E-state index is -0.174. The van der Waals surface area contributed by atoms with Crippen LogP contribution in [0.5, 0.6) is 0 Å². The number of imide groups is 1. The van der Waals surface area contributed by atoms with E-state index in [-0.39, 0.29) is 36.0 Å². The Kier molecular flexibility index (Phi) is 2.33. The molecule has 0 spiro atoms. The van der Waals surface area contributed by atoms with Crippen LogP contribution in [0.4, 0.5) is 0 Å². The molecule has 0 bridgehead atoms.